The van der Waals surface area contributed by atoms with Crippen LogP contribution >= 0.6 is 23.5 Å². The van der Waals surface area contributed by atoms with Gasteiger partial charge in [0.15, 0.2) is 0 Å². The van der Waals surface area contributed by atoms with E-state index in [0.29, 0.717) is 68.8 Å². The number of anilines is 2. The largest absolute Gasteiger partial charge is 0.491 e. The predicted octanol–water partition coefficient (Wildman–Crippen LogP) is 9.13. The number of carbonyl (C=O) groups is 13. The van der Waals surface area contributed by atoms with Crippen molar-refractivity contribution >= 4 is 112 Å². The fourth-order valence-electron chi connectivity index (χ4n) is 15.2. The number of aliphatic hydroxyl groups excluding tert-OH is 1. The van der Waals surface area contributed by atoms with Crippen molar-refractivity contribution in [1.29, 1.82) is 0 Å². The molecule has 1 fully saturated rings. The van der Waals surface area contributed by atoms with Gasteiger partial charge in [0.05, 0.1) is 103 Å². The number of rotatable bonds is 51. The molecule has 2 aliphatic heterocycles. The first-order valence-electron chi connectivity index (χ1n) is 43.8. The summed E-state index contributed by atoms with van der Waals surface area (Å²) in [5.41, 5.74) is 5.66. The number of thioether (sulfide) groups is 2. The second-order valence-electron chi connectivity index (χ2n) is 33.1. The zero-order valence-corrected chi connectivity index (χ0v) is 79.1. The maximum absolute atomic E-state index is 14.9. The number of primary amides is 1. The summed E-state index contributed by atoms with van der Waals surface area (Å²) < 4.78 is 84.1. The number of likely N-dealkylation sites (N-methyl/N-ethyl adjacent to an activating group) is 2. The van der Waals surface area contributed by atoms with E-state index in [-0.39, 0.29) is 123 Å². The molecule has 5 aromatic carbocycles. The highest BCUT2D eigenvalue weighted by Crippen LogP contribution is 2.46. The Labute approximate surface area is 776 Å². The second-order valence-corrected chi connectivity index (χ2v) is 35.3. The number of nitrogens with zero attached hydrogens (tertiary/aromatic N) is 4. The SMILES string of the molecule is CCC(C)[C@@H]([C@@H](CC(=O)N1CCC[C@H]1[C@H](OC)[C@@H](C)C(=O)N[C@H](C)[C@@H](O)c1ccccc1)OC)N(C)C(=O)[C@@H](NC(=O)[C@H](C(C)C)N(C)C(=O)OCc1ccc(NC(=O)[C@H](CCCNC(N)=O)NC(=O)[C@@H](NC(=O)COCCOCCOCCOc2ccc(N3C(=O)C(Sc4ccc(C(=O)NC)cc4)=C(Sc4ccc(C(=O)NC)cc4)C3=O)cc2C(F)(F)F)C(C)C)cc1)C(C)C. The van der Waals surface area contributed by atoms with Gasteiger partial charge in [-0.3, -0.25) is 57.6 Å². The number of alkyl halides is 3. The van der Waals surface area contributed by atoms with Crippen LogP contribution < -0.4 is 57.9 Å². The zero-order chi connectivity index (χ0) is 97.4. The minimum Gasteiger partial charge on any atom is -0.491 e. The van der Waals surface area contributed by atoms with Crippen LogP contribution in [0.2, 0.25) is 0 Å². The topological polar surface area (TPSA) is 442 Å². The summed E-state index contributed by atoms with van der Waals surface area (Å²) in [6.45, 7) is 16.8. The van der Waals surface area contributed by atoms with E-state index < -0.39 is 162 Å². The molecule has 0 spiro atoms. The molecule has 11 N–H and O–H groups in total. The van der Waals surface area contributed by atoms with Gasteiger partial charge >= 0.3 is 18.3 Å². The number of imide groups is 1. The second kappa shape index (κ2) is 52.3. The van der Waals surface area contributed by atoms with Gasteiger partial charge in [0.25, 0.3) is 23.6 Å². The molecule has 132 heavy (non-hydrogen) atoms. The number of hydrogen-bond acceptors (Lipinski definition) is 23. The van der Waals surface area contributed by atoms with Crippen LogP contribution in [0, 0.1) is 29.6 Å². The number of halogens is 3. The Hall–Kier alpha value is -11.2. The van der Waals surface area contributed by atoms with Gasteiger partial charge in [0.1, 0.15) is 49.7 Å². The summed E-state index contributed by atoms with van der Waals surface area (Å²) in [6.07, 6.45) is -6.45. The molecule has 39 heteroatoms. The average Bonchev–Trinajstić information content (AvgIpc) is 1.61. The number of nitrogens with one attached hydrogen (secondary N) is 8. The number of ether oxygens (including phenoxy) is 7. The van der Waals surface area contributed by atoms with Gasteiger partial charge in [-0.15, -0.1) is 0 Å². The highest BCUT2D eigenvalue weighted by Gasteiger charge is 2.47. The molecule has 2 aliphatic rings. The highest BCUT2D eigenvalue weighted by atomic mass is 32.2. The smallest absolute Gasteiger partial charge is 0.420 e. The van der Waals surface area contributed by atoms with Crippen molar-refractivity contribution in [3.8, 4) is 5.75 Å². The molecule has 7 rings (SSSR count). The van der Waals surface area contributed by atoms with E-state index >= 15 is 0 Å². The van der Waals surface area contributed by atoms with Crippen LogP contribution in [0.5, 0.6) is 5.75 Å². The minimum absolute atomic E-state index is 0.00214. The molecule has 722 valence electrons. The fraction of sp³-hybridized carbons (Fsp3) is 0.516. The van der Waals surface area contributed by atoms with Crippen LogP contribution in [-0.4, -0.2) is 253 Å². The van der Waals surface area contributed by atoms with Crippen LogP contribution in [0.4, 0.5) is 34.1 Å². The summed E-state index contributed by atoms with van der Waals surface area (Å²) in [7, 11) is 8.93. The van der Waals surface area contributed by atoms with E-state index in [0.717, 1.165) is 40.6 Å². The molecule has 0 aliphatic carbocycles. The van der Waals surface area contributed by atoms with E-state index in [1.807, 2.05) is 19.9 Å². The molecule has 14 amide bonds. The van der Waals surface area contributed by atoms with Gasteiger partial charge < -0.3 is 96.3 Å². The van der Waals surface area contributed by atoms with Crippen molar-refractivity contribution in [3.63, 3.8) is 0 Å². The number of nitrogens with two attached hydrogens (primary N) is 1. The lowest BCUT2D eigenvalue weighted by Crippen LogP contribution is -2.60. The van der Waals surface area contributed by atoms with Crippen LogP contribution in [0.1, 0.15) is 151 Å². The maximum Gasteiger partial charge on any atom is 0.420 e. The Morgan fingerprint density at radius 3 is 1.73 bits per heavy atom. The summed E-state index contributed by atoms with van der Waals surface area (Å²) in [6, 6.07) is 23.1. The van der Waals surface area contributed by atoms with Gasteiger partial charge in [-0.2, -0.15) is 13.2 Å². The number of methoxy groups -OCH3 is 2. The summed E-state index contributed by atoms with van der Waals surface area (Å²) in [4.78, 5) is 183. The molecule has 2 heterocycles. The van der Waals surface area contributed by atoms with E-state index in [1.165, 1.54) is 76.7 Å². The summed E-state index contributed by atoms with van der Waals surface area (Å²) >= 11 is 1.78. The third kappa shape index (κ3) is 30.7. The van der Waals surface area contributed by atoms with Crippen LogP contribution in [0.15, 0.2) is 141 Å². The quantitative estimate of drug-likeness (QED) is 0.0128. The summed E-state index contributed by atoms with van der Waals surface area (Å²) in [5, 5.41) is 32.4. The van der Waals surface area contributed by atoms with Crippen molar-refractivity contribution in [2.24, 2.45) is 35.3 Å². The molecule has 12 atom stereocenters. The monoisotopic (exact) mass is 1880 g/mol. The first-order valence-corrected chi connectivity index (χ1v) is 45.4. The van der Waals surface area contributed by atoms with Gasteiger partial charge in [0.2, 0.25) is 41.4 Å². The predicted molar refractivity (Wildman–Crippen MR) is 489 cm³/mol. The zero-order valence-electron chi connectivity index (χ0n) is 77.4. The number of urea groups is 1. The van der Waals surface area contributed by atoms with Crippen LogP contribution in [0.25, 0.3) is 0 Å². The molecular formula is C93H126F3N13O21S2. The normalized spacial score (nSPS) is 15.9. The number of benzene rings is 5. The Kier molecular flexibility index (Phi) is 42.7. The lowest BCUT2D eigenvalue weighted by molar-refractivity contribution is -0.148. The Balaban J connectivity index is 0.855. The number of likely N-dealkylation sites (tertiary alicyclic amines) is 1. The fourth-order valence-corrected chi connectivity index (χ4v) is 17.2. The molecule has 0 radical (unpaired) electrons. The van der Waals surface area contributed by atoms with E-state index in [9.17, 15) is 80.6 Å². The Morgan fingerprint density at radius 2 is 1.20 bits per heavy atom. The number of amides is 14. The first kappa shape index (κ1) is 108. The molecule has 1 saturated heterocycles. The number of aliphatic hydroxyl groups is 1. The van der Waals surface area contributed by atoms with Crippen LogP contribution in [0.3, 0.4) is 0 Å². The highest BCUT2D eigenvalue weighted by molar-refractivity contribution is 8.08. The lowest BCUT2D eigenvalue weighted by Gasteiger charge is -2.41. The number of hydrogen-bond donors (Lipinski definition) is 10. The first-order chi connectivity index (χ1) is 62.7. The van der Waals surface area contributed by atoms with Crippen molar-refractivity contribution in [2.45, 2.75) is 191 Å². The van der Waals surface area contributed by atoms with Gasteiger partial charge in [-0.1, -0.05) is 135 Å². The van der Waals surface area contributed by atoms with Gasteiger partial charge in [-0.25, -0.2) is 14.5 Å². The van der Waals surface area contributed by atoms with Gasteiger partial charge in [-0.05, 0) is 146 Å². The molecule has 0 aromatic heterocycles. The van der Waals surface area contributed by atoms with Crippen molar-refractivity contribution < 1.29 is 114 Å². The average molecular weight is 1880 g/mol. The maximum atomic E-state index is 14.9. The Morgan fingerprint density at radius 1 is 0.636 bits per heavy atom. The lowest BCUT2D eigenvalue weighted by atomic mass is 9.89. The molecule has 0 bridgehead atoms. The van der Waals surface area contributed by atoms with Crippen molar-refractivity contribution in [2.75, 3.05) is 112 Å². The summed E-state index contributed by atoms with van der Waals surface area (Å²) in [5.74, 6) is -9.25. The standard InChI is InChI=1S/C93H126F3N13O21S2/c1-17-56(8)77(71(124-15)50-73(111)108-42-22-26-69(108)79(125-16)57(9)82(113)101-58(10)78(112)60-23-19-18-20-24-60)106(13)88(119)75(54(4)5)105-87(118)76(55(6)7)107(14)92(123)130-51-59-27-33-63(34-28-59)102-85(116)68(25-21-41-100-91(97)122)103-86(117)74(53(2)3)104-72(110)52-128-46-45-126-43-44-127-47-48-129-70-40-35-64(49-67(70)93(94,95)96)109-89(120)80(131-65-36-29-61(30-37-65)83(114)98-11)81(90(109)121)132-66-38-31-62(32-39-66)84(115)99-12/h18-20,23-24,27-40,49,53-58,68-69,71,74-79,112H,17,21-22,25-26,41-48,50-52H2,1-16H3,(H,98,114)(H,99,115)(H,101,113)(H,102,116)(H,103,117)(H,104,110)(H,105,118)(H3,97,100,122)/t56?,57-,58-,68+,69+,71-,74+,75+,76+,77+,78-,79-/m1/s1. The van der Waals surface area contributed by atoms with E-state index in [4.69, 9.17) is 38.9 Å². The third-order valence-electron chi connectivity index (χ3n) is 22.6. The Bertz CT molecular complexity index is 4690. The molecule has 34 nitrogen and oxygen atoms in total. The molecule has 5 aromatic rings. The van der Waals surface area contributed by atoms with E-state index in [1.54, 1.807) is 128 Å². The minimum atomic E-state index is -5.02. The van der Waals surface area contributed by atoms with Crippen LogP contribution in [-0.2, 0) is 84.4 Å². The van der Waals surface area contributed by atoms with Gasteiger partial charge in [0, 0.05) is 82.1 Å². The number of carbonyl (C=O) groups excluding carboxylic acids is 13. The van der Waals surface area contributed by atoms with Crippen molar-refractivity contribution in [3.05, 3.63) is 159 Å². The van der Waals surface area contributed by atoms with Crippen molar-refractivity contribution in [1.82, 2.24) is 51.9 Å². The molecule has 0 saturated carbocycles. The molecular weight excluding hydrogens is 1760 g/mol. The third-order valence-corrected chi connectivity index (χ3v) is 25.0. The van der Waals surface area contributed by atoms with E-state index in [2.05, 4.69) is 42.5 Å². The molecule has 1 unspecified atom stereocenters.